The van der Waals surface area contributed by atoms with Crippen molar-refractivity contribution in [3.05, 3.63) is 35.6 Å². The normalized spacial score (nSPS) is 24.5. The lowest BCUT2D eigenvalue weighted by atomic mass is 9.89. The molecule has 1 aromatic carbocycles. The van der Waals surface area contributed by atoms with Crippen molar-refractivity contribution in [3.63, 3.8) is 0 Å². The first-order valence-electron chi connectivity index (χ1n) is 5.86. The number of carboxylic acids is 1. The Morgan fingerprint density at radius 1 is 1.41 bits per heavy atom. The van der Waals surface area contributed by atoms with Crippen molar-refractivity contribution in [1.29, 1.82) is 0 Å². The highest BCUT2D eigenvalue weighted by Gasteiger charge is 2.24. The van der Waals surface area contributed by atoms with Crippen molar-refractivity contribution in [2.45, 2.75) is 25.3 Å². The van der Waals surface area contributed by atoms with E-state index < -0.39 is 5.97 Å². The summed E-state index contributed by atoms with van der Waals surface area (Å²) in [5.41, 5.74) is 0.682. The molecule has 92 valence electrons. The molecule has 0 aromatic heterocycles. The van der Waals surface area contributed by atoms with Gasteiger partial charge < -0.3 is 10.4 Å². The molecule has 0 bridgehead atoms. The van der Waals surface area contributed by atoms with Crippen LogP contribution in [0.15, 0.2) is 24.3 Å². The van der Waals surface area contributed by atoms with E-state index in [4.69, 9.17) is 5.11 Å². The Hall–Kier alpha value is -1.42. The molecule has 3 nitrogen and oxygen atoms in total. The maximum absolute atomic E-state index is 13.5. The topological polar surface area (TPSA) is 49.3 Å². The molecule has 2 atom stereocenters. The van der Waals surface area contributed by atoms with Crippen LogP contribution in [0.25, 0.3) is 0 Å². The van der Waals surface area contributed by atoms with Crippen LogP contribution in [-0.2, 0) is 4.79 Å². The lowest BCUT2D eigenvalue weighted by Crippen LogP contribution is -2.34. The summed E-state index contributed by atoms with van der Waals surface area (Å²) in [6, 6.07) is 6.75. The fourth-order valence-electron chi connectivity index (χ4n) is 2.36. The third kappa shape index (κ3) is 3.03. The molecular formula is C13H16FNO2. The highest BCUT2D eigenvalue weighted by atomic mass is 19.1. The van der Waals surface area contributed by atoms with Crippen LogP contribution in [0.4, 0.5) is 4.39 Å². The molecule has 0 aliphatic carbocycles. The van der Waals surface area contributed by atoms with Crippen molar-refractivity contribution in [3.8, 4) is 0 Å². The van der Waals surface area contributed by atoms with E-state index in [0.29, 0.717) is 12.1 Å². The lowest BCUT2D eigenvalue weighted by Gasteiger charge is -2.29. The number of aliphatic carboxylic acids is 1. The van der Waals surface area contributed by atoms with E-state index in [2.05, 4.69) is 5.32 Å². The molecule has 1 aromatic rings. The SMILES string of the molecule is O=C(O)CC1CCC(c2ccccc2F)NC1. The molecule has 4 heteroatoms. The zero-order valence-electron chi connectivity index (χ0n) is 9.53. The standard InChI is InChI=1S/C13H16FNO2/c14-11-4-2-1-3-10(11)12-6-5-9(8-15-12)7-13(16)17/h1-4,9,12,15H,5-8H2,(H,16,17). The smallest absolute Gasteiger partial charge is 0.303 e. The quantitative estimate of drug-likeness (QED) is 0.848. The summed E-state index contributed by atoms with van der Waals surface area (Å²) in [6.45, 7) is 0.644. The van der Waals surface area contributed by atoms with Gasteiger partial charge in [0.15, 0.2) is 0 Å². The summed E-state index contributed by atoms with van der Waals surface area (Å²) < 4.78 is 13.5. The number of nitrogens with one attached hydrogen (secondary N) is 1. The van der Waals surface area contributed by atoms with E-state index in [1.807, 2.05) is 6.07 Å². The van der Waals surface area contributed by atoms with Crippen LogP contribution in [-0.4, -0.2) is 17.6 Å². The van der Waals surface area contributed by atoms with Gasteiger partial charge in [-0.25, -0.2) is 4.39 Å². The molecular weight excluding hydrogens is 221 g/mol. The second-order valence-corrected chi connectivity index (χ2v) is 4.52. The molecule has 1 aliphatic rings. The van der Waals surface area contributed by atoms with E-state index in [9.17, 15) is 9.18 Å². The molecule has 0 amide bonds. The van der Waals surface area contributed by atoms with Crippen molar-refractivity contribution < 1.29 is 14.3 Å². The summed E-state index contributed by atoms with van der Waals surface area (Å²) in [5.74, 6) is -0.793. The molecule has 2 unspecified atom stereocenters. The van der Waals surface area contributed by atoms with Gasteiger partial charge in [0.1, 0.15) is 5.82 Å². The summed E-state index contributed by atoms with van der Waals surface area (Å²) >= 11 is 0. The number of benzene rings is 1. The van der Waals surface area contributed by atoms with Gasteiger partial charge in [-0.3, -0.25) is 4.79 Å². The summed E-state index contributed by atoms with van der Waals surface area (Å²) in [4.78, 5) is 10.6. The van der Waals surface area contributed by atoms with Gasteiger partial charge >= 0.3 is 5.97 Å². The van der Waals surface area contributed by atoms with Gasteiger partial charge in [0, 0.05) is 18.0 Å². The van der Waals surface area contributed by atoms with Gasteiger partial charge in [-0.05, 0) is 31.4 Å². The number of halogens is 1. The Morgan fingerprint density at radius 2 is 2.18 bits per heavy atom. The molecule has 1 heterocycles. The molecule has 0 radical (unpaired) electrons. The number of rotatable bonds is 3. The predicted molar refractivity (Wildman–Crippen MR) is 62.1 cm³/mol. The van der Waals surface area contributed by atoms with Gasteiger partial charge in [-0.1, -0.05) is 18.2 Å². The second-order valence-electron chi connectivity index (χ2n) is 4.52. The lowest BCUT2D eigenvalue weighted by molar-refractivity contribution is -0.138. The fourth-order valence-corrected chi connectivity index (χ4v) is 2.36. The van der Waals surface area contributed by atoms with Gasteiger partial charge in [0.25, 0.3) is 0 Å². The van der Waals surface area contributed by atoms with E-state index in [-0.39, 0.29) is 24.2 Å². The molecule has 2 rings (SSSR count). The van der Waals surface area contributed by atoms with Crippen LogP contribution < -0.4 is 5.32 Å². The summed E-state index contributed by atoms with van der Waals surface area (Å²) in [7, 11) is 0. The minimum Gasteiger partial charge on any atom is -0.481 e. The van der Waals surface area contributed by atoms with Gasteiger partial charge in [-0.15, -0.1) is 0 Å². The molecule has 0 saturated carbocycles. The largest absolute Gasteiger partial charge is 0.481 e. The Kier molecular flexibility index (Phi) is 3.74. The maximum atomic E-state index is 13.5. The molecule has 1 aliphatic heterocycles. The maximum Gasteiger partial charge on any atom is 0.303 e. The minimum atomic E-state index is -0.763. The predicted octanol–water partition coefficient (Wildman–Crippen LogP) is 2.34. The van der Waals surface area contributed by atoms with Crippen molar-refractivity contribution in [2.75, 3.05) is 6.54 Å². The van der Waals surface area contributed by atoms with Gasteiger partial charge in [-0.2, -0.15) is 0 Å². The van der Waals surface area contributed by atoms with Crippen molar-refractivity contribution in [2.24, 2.45) is 5.92 Å². The molecule has 2 N–H and O–H groups in total. The second kappa shape index (κ2) is 5.27. The zero-order valence-corrected chi connectivity index (χ0v) is 9.53. The van der Waals surface area contributed by atoms with Gasteiger partial charge in [0.05, 0.1) is 0 Å². The Morgan fingerprint density at radius 3 is 2.76 bits per heavy atom. The third-order valence-electron chi connectivity index (χ3n) is 3.26. The van der Waals surface area contributed by atoms with Gasteiger partial charge in [0.2, 0.25) is 0 Å². The van der Waals surface area contributed by atoms with Crippen molar-refractivity contribution in [1.82, 2.24) is 5.32 Å². The molecule has 17 heavy (non-hydrogen) atoms. The van der Waals surface area contributed by atoms with E-state index in [1.165, 1.54) is 6.07 Å². The van der Waals surface area contributed by atoms with Crippen LogP contribution in [0.1, 0.15) is 30.9 Å². The highest BCUT2D eigenvalue weighted by Crippen LogP contribution is 2.28. The molecule has 1 saturated heterocycles. The Labute approximate surface area is 99.7 Å². The summed E-state index contributed by atoms with van der Waals surface area (Å²) in [6.07, 6.45) is 1.81. The van der Waals surface area contributed by atoms with E-state index in [1.54, 1.807) is 12.1 Å². The van der Waals surface area contributed by atoms with Crippen LogP contribution >= 0.6 is 0 Å². The van der Waals surface area contributed by atoms with Crippen LogP contribution in [0.5, 0.6) is 0 Å². The first-order valence-corrected chi connectivity index (χ1v) is 5.86. The van der Waals surface area contributed by atoms with Crippen molar-refractivity contribution >= 4 is 5.97 Å². The number of piperidine rings is 1. The monoisotopic (exact) mass is 237 g/mol. The average Bonchev–Trinajstić information content (AvgIpc) is 2.30. The average molecular weight is 237 g/mol. The van der Waals surface area contributed by atoms with E-state index >= 15 is 0 Å². The fraction of sp³-hybridized carbons (Fsp3) is 0.462. The van der Waals surface area contributed by atoms with Crippen LogP contribution in [0.2, 0.25) is 0 Å². The number of hydrogen-bond donors (Lipinski definition) is 2. The molecule has 0 spiro atoms. The zero-order chi connectivity index (χ0) is 12.3. The first kappa shape index (κ1) is 12.0. The number of carbonyl (C=O) groups is 1. The van der Waals surface area contributed by atoms with E-state index in [0.717, 1.165) is 12.8 Å². The third-order valence-corrected chi connectivity index (χ3v) is 3.26. The number of hydrogen-bond acceptors (Lipinski definition) is 2. The first-order chi connectivity index (χ1) is 8.16. The molecule has 1 fully saturated rings. The number of carboxylic acid groups (broad SMARTS) is 1. The Balaban J connectivity index is 1.95. The Bertz CT molecular complexity index is 400. The summed E-state index contributed by atoms with van der Waals surface area (Å²) in [5, 5.41) is 11.9. The minimum absolute atomic E-state index is 0.0150. The van der Waals surface area contributed by atoms with Crippen LogP contribution in [0.3, 0.4) is 0 Å². The highest BCUT2D eigenvalue weighted by molar-refractivity contribution is 5.67. The van der Waals surface area contributed by atoms with Crippen LogP contribution in [0, 0.1) is 11.7 Å².